The van der Waals surface area contributed by atoms with Crippen molar-refractivity contribution in [2.24, 2.45) is 5.84 Å². The fourth-order valence-corrected chi connectivity index (χ4v) is 2.53. The van der Waals surface area contributed by atoms with Gasteiger partial charge < -0.3 is 5.43 Å². The third kappa shape index (κ3) is 2.11. The topological polar surface area (TPSA) is 107 Å². The van der Waals surface area contributed by atoms with Gasteiger partial charge in [-0.25, -0.2) is 5.84 Å². The molecule has 94 valence electrons. The van der Waals surface area contributed by atoms with Crippen molar-refractivity contribution < 1.29 is 8.42 Å². The van der Waals surface area contributed by atoms with E-state index in [1.807, 2.05) is 0 Å². The molecule has 0 spiro atoms. The third-order valence-electron chi connectivity index (χ3n) is 2.19. The van der Waals surface area contributed by atoms with E-state index in [4.69, 9.17) is 5.84 Å². The van der Waals surface area contributed by atoms with E-state index >= 15 is 0 Å². The van der Waals surface area contributed by atoms with Crippen LogP contribution in [0.15, 0.2) is 52.2 Å². The summed E-state index contributed by atoms with van der Waals surface area (Å²) in [5, 5.41) is 3.62. The highest BCUT2D eigenvalue weighted by Gasteiger charge is 2.19. The Morgan fingerprint density at radius 2 is 1.78 bits per heavy atom. The first-order valence-electron chi connectivity index (χ1n) is 4.93. The second-order valence-electron chi connectivity index (χ2n) is 3.36. The maximum atomic E-state index is 12.2. The van der Waals surface area contributed by atoms with E-state index in [1.54, 1.807) is 18.2 Å². The summed E-state index contributed by atoms with van der Waals surface area (Å²) in [7, 11) is -4.00. The number of nitrogens with one attached hydrogen (secondary N) is 1. The summed E-state index contributed by atoms with van der Waals surface area (Å²) < 4.78 is 24.7. The van der Waals surface area contributed by atoms with Gasteiger partial charge in [-0.2, -0.15) is 8.42 Å². The Kier molecular flexibility index (Phi) is 3.13. The average Bonchev–Trinajstić information content (AvgIpc) is 2.40. The molecule has 7 nitrogen and oxygen atoms in total. The van der Waals surface area contributed by atoms with Crippen LogP contribution in [0.3, 0.4) is 0 Å². The fraction of sp³-hybridized carbons (Fsp3) is 0. The first-order valence-corrected chi connectivity index (χ1v) is 6.37. The maximum Gasteiger partial charge on any atom is 0.286 e. The summed E-state index contributed by atoms with van der Waals surface area (Å²) in [5.41, 5.74) is 1.43. The van der Waals surface area contributed by atoms with E-state index in [1.165, 1.54) is 18.2 Å². The van der Waals surface area contributed by atoms with Crippen molar-refractivity contribution in [3.05, 3.63) is 52.8 Å². The molecule has 0 aliphatic carbocycles. The van der Waals surface area contributed by atoms with Gasteiger partial charge in [-0.15, -0.1) is 9.19 Å². The molecule has 1 aromatic carbocycles. The number of nitrogens with zero attached hydrogens (tertiary/aromatic N) is 2. The molecule has 8 heteroatoms. The lowest BCUT2D eigenvalue weighted by atomic mass is 10.4. The molecule has 0 aliphatic rings. The lowest BCUT2D eigenvalue weighted by molar-refractivity contribution is 0.576. The number of nitrogens with two attached hydrogens (primary N) is 1. The predicted octanol–water partition coefficient (Wildman–Crippen LogP) is -0.234. The van der Waals surface area contributed by atoms with Gasteiger partial charge >= 0.3 is 0 Å². The number of hydrazine groups is 1. The molecular weight excluding hydrogens is 256 g/mol. The molecule has 0 atom stereocenters. The van der Waals surface area contributed by atoms with Gasteiger partial charge in [0.05, 0.1) is 4.90 Å². The Morgan fingerprint density at radius 3 is 2.39 bits per heavy atom. The van der Waals surface area contributed by atoms with Crippen molar-refractivity contribution in [2.45, 2.75) is 4.90 Å². The van der Waals surface area contributed by atoms with Gasteiger partial charge in [-0.1, -0.05) is 18.2 Å². The van der Waals surface area contributed by atoms with Crippen molar-refractivity contribution >= 4 is 15.8 Å². The van der Waals surface area contributed by atoms with E-state index in [9.17, 15) is 13.2 Å². The molecule has 1 heterocycles. The van der Waals surface area contributed by atoms with Crippen molar-refractivity contribution in [2.75, 3.05) is 5.43 Å². The van der Waals surface area contributed by atoms with Crippen LogP contribution in [0.4, 0.5) is 5.82 Å². The summed E-state index contributed by atoms with van der Waals surface area (Å²) in [6, 6.07) is 9.92. The molecule has 0 fully saturated rings. The standard InChI is InChI=1S/C10H10N4O3S/c11-12-9-6-7-10(15)14(13-9)18(16,17)8-4-2-1-3-5-8/h1-7H,11H2,(H,12,13). The normalized spacial score (nSPS) is 11.2. The molecule has 18 heavy (non-hydrogen) atoms. The Labute approximate surface area is 103 Å². The smallest absolute Gasteiger partial charge is 0.286 e. The Bertz CT molecular complexity index is 709. The number of benzene rings is 1. The maximum absolute atomic E-state index is 12.2. The highest BCUT2D eigenvalue weighted by Crippen LogP contribution is 2.10. The summed E-state index contributed by atoms with van der Waals surface area (Å²) in [4.78, 5) is 11.5. The van der Waals surface area contributed by atoms with Gasteiger partial charge in [0, 0.05) is 6.07 Å². The van der Waals surface area contributed by atoms with Crippen LogP contribution >= 0.6 is 0 Å². The zero-order chi connectivity index (χ0) is 13.2. The quantitative estimate of drug-likeness (QED) is 0.587. The van der Waals surface area contributed by atoms with E-state index in [2.05, 4.69) is 10.5 Å². The highest BCUT2D eigenvalue weighted by molar-refractivity contribution is 7.89. The molecule has 0 amide bonds. The molecule has 0 aliphatic heterocycles. The number of aromatic nitrogens is 2. The molecule has 0 bridgehead atoms. The summed E-state index contributed by atoms with van der Waals surface area (Å²) in [5.74, 6) is 5.21. The van der Waals surface area contributed by atoms with Crippen LogP contribution in [0, 0.1) is 0 Å². The second kappa shape index (κ2) is 4.59. The van der Waals surface area contributed by atoms with Crippen molar-refractivity contribution in [1.82, 2.24) is 9.19 Å². The second-order valence-corrected chi connectivity index (χ2v) is 5.13. The first kappa shape index (κ1) is 12.3. The minimum absolute atomic E-state index is 0.0197. The van der Waals surface area contributed by atoms with Crippen molar-refractivity contribution in [1.29, 1.82) is 0 Å². The molecule has 2 aromatic rings. The van der Waals surface area contributed by atoms with Gasteiger partial charge in [-0.3, -0.25) is 4.79 Å². The van der Waals surface area contributed by atoms with Gasteiger partial charge in [-0.05, 0) is 18.2 Å². The molecule has 1 aromatic heterocycles. The van der Waals surface area contributed by atoms with Crippen LogP contribution in [0.25, 0.3) is 0 Å². The number of hydrogen-bond acceptors (Lipinski definition) is 6. The van der Waals surface area contributed by atoms with Crippen LogP contribution in [0.2, 0.25) is 0 Å². The Balaban J connectivity index is 2.65. The van der Waals surface area contributed by atoms with Crippen LogP contribution in [-0.2, 0) is 10.0 Å². The van der Waals surface area contributed by atoms with Gasteiger partial charge in [0.25, 0.3) is 15.6 Å². The van der Waals surface area contributed by atoms with Crippen LogP contribution in [0.1, 0.15) is 0 Å². The zero-order valence-electron chi connectivity index (χ0n) is 9.15. The highest BCUT2D eigenvalue weighted by atomic mass is 32.2. The molecule has 0 unspecified atom stereocenters. The summed E-state index contributed by atoms with van der Waals surface area (Å²) >= 11 is 0. The van der Waals surface area contributed by atoms with Crippen LogP contribution in [0.5, 0.6) is 0 Å². The van der Waals surface area contributed by atoms with E-state index in [0.717, 1.165) is 6.07 Å². The van der Waals surface area contributed by atoms with Crippen molar-refractivity contribution in [3.8, 4) is 0 Å². The van der Waals surface area contributed by atoms with E-state index < -0.39 is 15.6 Å². The number of rotatable bonds is 3. The van der Waals surface area contributed by atoms with E-state index in [-0.39, 0.29) is 10.7 Å². The van der Waals surface area contributed by atoms with Crippen LogP contribution in [-0.4, -0.2) is 17.6 Å². The molecule has 0 radical (unpaired) electrons. The monoisotopic (exact) mass is 266 g/mol. The molecule has 2 rings (SSSR count). The molecule has 3 N–H and O–H groups in total. The van der Waals surface area contributed by atoms with Gasteiger partial charge in [0.1, 0.15) is 0 Å². The SMILES string of the molecule is NNc1ccc(=O)n(S(=O)(=O)c2ccccc2)n1. The number of hydrogen-bond donors (Lipinski definition) is 2. The van der Waals surface area contributed by atoms with Crippen molar-refractivity contribution in [3.63, 3.8) is 0 Å². The predicted molar refractivity (Wildman–Crippen MR) is 65.3 cm³/mol. The summed E-state index contributed by atoms with van der Waals surface area (Å²) in [6.45, 7) is 0. The minimum Gasteiger partial charge on any atom is -0.307 e. The molecule has 0 saturated heterocycles. The zero-order valence-corrected chi connectivity index (χ0v) is 9.96. The number of nitrogen functional groups attached to an aromatic ring is 1. The summed E-state index contributed by atoms with van der Waals surface area (Å²) in [6.07, 6.45) is 0. The van der Waals surface area contributed by atoms with Crippen LogP contribution < -0.4 is 16.8 Å². The van der Waals surface area contributed by atoms with Gasteiger partial charge in [0.15, 0.2) is 5.82 Å². The minimum atomic E-state index is -4.00. The average molecular weight is 266 g/mol. The molecular formula is C10H10N4O3S. The van der Waals surface area contributed by atoms with E-state index in [0.29, 0.717) is 4.09 Å². The lowest BCUT2D eigenvalue weighted by Gasteiger charge is -2.07. The number of anilines is 1. The Morgan fingerprint density at radius 1 is 1.11 bits per heavy atom. The lowest BCUT2D eigenvalue weighted by Crippen LogP contribution is -2.30. The third-order valence-corrected chi connectivity index (χ3v) is 3.77. The largest absolute Gasteiger partial charge is 0.307 e. The van der Waals surface area contributed by atoms with Gasteiger partial charge in [0.2, 0.25) is 0 Å². The molecule has 0 saturated carbocycles. The Hall–Kier alpha value is -2.19. The first-order chi connectivity index (χ1) is 8.55. The fourth-order valence-electron chi connectivity index (χ4n) is 1.34.